The molecule has 300 valence electrons. The van der Waals surface area contributed by atoms with Crippen LogP contribution < -0.4 is 5.73 Å². The molecule has 9 nitrogen and oxygen atoms in total. The Labute approximate surface area is 341 Å². The maximum atomic E-state index is 13.4. The number of likely N-dealkylation sites (tertiary alicyclic amines) is 2. The summed E-state index contributed by atoms with van der Waals surface area (Å²) in [7, 11) is 0. The summed E-state index contributed by atoms with van der Waals surface area (Å²) >= 11 is 0. The van der Waals surface area contributed by atoms with Gasteiger partial charge in [-0.15, -0.1) is 0 Å². The minimum Gasteiger partial charge on any atom is -0.340 e. The predicted octanol–water partition coefficient (Wildman–Crippen LogP) is 9.40. The smallest absolute Gasteiger partial charge is 0.240 e. The maximum Gasteiger partial charge on any atom is 0.240 e. The first-order chi connectivity index (χ1) is 28.1. The van der Waals surface area contributed by atoms with Crippen molar-refractivity contribution in [1.29, 1.82) is 0 Å². The van der Waals surface area contributed by atoms with E-state index in [9.17, 15) is 9.59 Å². The van der Waals surface area contributed by atoms with Gasteiger partial charge in [0.15, 0.2) is 0 Å². The van der Waals surface area contributed by atoms with Gasteiger partial charge in [0.25, 0.3) is 0 Å². The van der Waals surface area contributed by atoms with Crippen LogP contribution in [0.4, 0.5) is 0 Å². The van der Waals surface area contributed by atoms with Crippen molar-refractivity contribution < 1.29 is 9.59 Å². The van der Waals surface area contributed by atoms with E-state index in [1.165, 1.54) is 59.9 Å². The second-order valence-corrected chi connectivity index (χ2v) is 19.7. The minimum atomic E-state index is -0.484. The minimum absolute atomic E-state index is 0.0396. The first kappa shape index (κ1) is 36.3. The van der Waals surface area contributed by atoms with E-state index in [0.717, 1.165) is 66.0 Å². The largest absolute Gasteiger partial charge is 0.340 e. The Morgan fingerprint density at radius 2 is 1.47 bits per heavy atom. The number of carbonyl (C=O) groups excluding carboxylic acids is 2. The number of piperidine rings is 2. The Morgan fingerprint density at radius 3 is 2.19 bits per heavy atom. The molecule has 7 unspecified atom stereocenters. The zero-order chi connectivity index (χ0) is 39.6. The van der Waals surface area contributed by atoms with Crippen molar-refractivity contribution in [3.63, 3.8) is 0 Å². The topological polar surface area (TPSA) is 124 Å². The summed E-state index contributed by atoms with van der Waals surface area (Å²) < 4.78 is 0. The highest BCUT2D eigenvalue weighted by atomic mass is 16.2. The van der Waals surface area contributed by atoms with E-state index in [1.807, 2.05) is 24.9 Å². The molecule has 2 amide bonds. The zero-order valence-electron chi connectivity index (χ0n) is 34.4. The monoisotopic (exact) mass is 775 g/mol. The molecule has 11 rings (SSSR count). The van der Waals surface area contributed by atoms with Crippen LogP contribution in [0.25, 0.3) is 44.5 Å². The van der Waals surface area contributed by atoms with Crippen molar-refractivity contribution in [3.05, 3.63) is 83.6 Å². The van der Waals surface area contributed by atoms with Crippen LogP contribution in [0.2, 0.25) is 0 Å². The molecule has 2 aromatic heterocycles. The summed E-state index contributed by atoms with van der Waals surface area (Å²) in [4.78, 5) is 48.2. The summed E-state index contributed by atoms with van der Waals surface area (Å²) in [5.41, 5.74) is 19.0. The fourth-order valence-corrected chi connectivity index (χ4v) is 11.9. The molecule has 0 radical (unpaired) electrons. The number of aromatic nitrogens is 4. The lowest BCUT2D eigenvalue weighted by molar-refractivity contribution is -0.136. The van der Waals surface area contributed by atoms with Gasteiger partial charge in [0.2, 0.25) is 11.8 Å². The van der Waals surface area contributed by atoms with Crippen molar-refractivity contribution in [2.24, 2.45) is 29.4 Å². The fourth-order valence-electron chi connectivity index (χ4n) is 11.9. The van der Waals surface area contributed by atoms with E-state index in [-0.39, 0.29) is 35.2 Å². The van der Waals surface area contributed by atoms with E-state index in [1.54, 1.807) is 5.56 Å². The average molecular weight is 776 g/mol. The lowest BCUT2D eigenvalue weighted by Gasteiger charge is -2.30. The number of rotatable bonds is 9. The molecule has 2 aliphatic heterocycles. The number of nitrogens with two attached hydrogens (primary N) is 1. The number of carbonyl (C=O) groups is 2. The van der Waals surface area contributed by atoms with Gasteiger partial charge in [-0.05, 0) is 132 Å². The number of amides is 2. The van der Waals surface area contributed by atoms with Gasteiger partial charge < -0.3 is 25.5 Å². The molecule has 6 aliphatic rings. The van der Waals surface area contributed by atoms with Crippen LogP contribution in [-0.4, -0.2) is 59.7 Å². The van der Waals surface area contributed by atoms with Crippen LogP contribution in [0.3, 0.4) is 0 Å². The molecule has 5 aromatic rings. The molecule has 3 aromatic carbocycles. The summed E-state index contributed by atoms with van der Waals surface area (Å²) in [6, 6.07) is 20.7. The molecule has 4 N–H and O–H groups in total. The second-order valence-electron chi connectivity index (χ2n) is 19.7. The Morgan fingerprint density at radius 1 is 0.793 bits per heavy atom. The number of H-pyrrole nitrogens is 2. The SMILES string of the molecule is CC(C)CC(=O)N1C(c2nc3ccc(-c4ccc(-c5ccc(-c6cnc(C7CC8CC8N7C(=O)C(N)C(C)C)[nH]6)cc5)c5c4CCC54CCCC4)cc3[nH]2)CC2CC21. The summed E-state index contributed by atoms with van der Waals surface area (Å²) in [6.07, 6.45) is 14.1. The molecular weight excluding hydrogens is 719 g/mol. The number of aromatic amines is 2. The molecule has 7 atom stereocenters. The van der Waals surface area contributed by atoms with Gasteiger partial charge in [0, 0.05) is 18.5 Å². The summed E-state index contributed by atoms with van der Waals surface area (Å²) in [6.45, 7) is 8.30. The second kappa shape index (κ2) is 13.4. The number of imidazole rings is 2. The molecule has 3 saturated carbocycles. The van der Waals surface area contributed by atoms with Crippen molar-refractivity contribution in [3.8, 4) is 33.5 Å². The molecular formula is C49H57N7O2. The van der Waals surface area contributed by atoms with E-state index in [0.29, 0.717) is 36.3 Å². The van der Waals surface area contributed by atoms with Gasteiger partial charge in [-0.2, -0.15) is 0 Å². The Balaban J connectivity index is 0.885. The highest BCUT2D eigenvalue weighted by molar-refractivity contribution is 5.87. The average Bonchev–Trinajstić information content (AvgIpc) is 3.69. The van der Waals surface area contributed by atoms with Gasteiger partial charge in [-0.3, -0.25) is 9.59 Å². The molecule has 4 aliphatic carbocycles. The maximum absolute atomic E-state index is 13.4. The van der Waals surface area contributed by atoms with Crippen LogP contribution in [0.5, 0.6) is 0 Å². The molecule has 9 heteroatoms. The molecule has 0 bridgehead atoms. The fraction of sp³-hybridized carbons (Fsp3) is 0.510. The van der Waals surface area contributed by atoms with E-state index >= 15 is 0 Å². The van der Waals surface area contributed by atoms with Gasteiger partial charge in [0.1, 0.15) is 11.6 Å². The van der Waals surface area contributed by atoms with Gasteiger partial charge in [0.05, 0.1) is 41.0 Å². The van der Waals surface area contributed by atoms with E-state index in [4.69, 9.17) is 15.7 Å². The van der Waals surface area contributed by atoms with Gasteiger partial charge in [-0.25, -0.2) is 9.97 Å². The highest BCUT2D eigenvalue weighted by Crippen LogP contribution is 2.57. The molecule has 5 fully saturated rings. The van der Waals surface area contributed by atoms with Crippen molar-refractivity contribution in [2.45, 2.75) is 134 Å². The van der Waals surface area contributed by atoms with E-state index in [2.05, 4.69) is 83.3 Å². The van der Waals surface area contributed by atoms with Crippen LogP contribution in [0.1, 0.15) is 127 Å². The Bertz CT molecular complexity index is 2440. The lowest BCUT2D eigenvalue weighted by atomic mass is 9.76. The number of hydrogen-bond donors (Lipinski definition) is 3. The van der Waals surface area contributed by atoms with Crippen LogP contribution in [-0.2, 0) is 21.4 Å². The third-order valence-electron chi connectivity index (χ3n) is 15.1. The quantitative estimate of drug-likeness (QED) is 0.138. The third-order valence-corrected chi connectivity index (χ3v) is 15.1. The third kappa shape index (κ3) is 5.81. The Hall–Kier alpha value is -4.76. The van der Waals surface area contributed by atoms with Gasteiger partial charge >= 0.3 is 0 Å². The van der Waals surface area contributed by atoms with Crippen molar-refractivity contribution in [1.82, 2.24) is 29.7 Å². The zero-order valence-corrected chi connectivity index (χ0v) is 34.4. The first-order valence-electron chi connectivity index (χ1n) is 22.3. The molecule has 2 saturated heterocycles. The van der Waals surface area contributed by atoms with Crippen LogP contribution in [0.15, 0.2) is 60.8 Å². The standard InChI is InChI=1S/C49H57N7O2/c1-26(2)19-43(57)55-39-21-31(39)24-42(55)47-52-36-14-11-30(20-37(36)53-47)33-12-13-34(44-35(33)15-18-49(44)16-5-6-17-49)28-7-9-29(10-8-28)38-25-51-46(54-38)41-23-32-22-40(32)56(41)48(58)45(50)27(3)4/h7-14,20,25-27,31-32,39-42,45H,5-6,15-19,21-24,50H2,1-4H3,(H,51,54)(H,52,53). The number of nitrogens with one attached hydrogen (secondary N) is 2. The molecule has 1 spiro atoms. The number of nitrogens with zero attached hydrogens (tertiary/aromatic N) is 4. The number of hydrogen-bond acceptors (Lipinski definition) is 5. The first-order valence-corrected chi connectivity index (χ1v) is 22.3. The Kier molecular flexibility index (Phi) is 8.38. The van der Waals surface area contributed by atoms with Gasteiger partial charge in [-0.1, -0.05) is 83.0 Å². The predicted molar refractivity (Wildman–Crippen MR) is 227 cm³/mol. The molecule has 58 heavy (non-hydrogen) atoms. The van der Waals surface area contributed by atoms with E-state index < -0.39 is 6.04 Å². The van der Waals surface area contributed by atoms with Crippen molar-refractivity contribution in [2.75, 3.05) is 0 Å². The normalized spacial score (nSPS) is 26.9. The number of benzene rings is 3. The summed E-state index contributed by atoms with van der Waals surface area (Å²) in [5.74, 6) is 3.77. The summed E-state index contributed by atoms with van der Waals surface area (Å²) in [5, 5.41) is 0. The van der Waals surface area contributed by atoms with Crippen LogP contribution in [0, 0.1) is 23.7 Å². The van der Waals surface area contributed by atoms with Crippen molar-refractivity contribution >= 4 is 22.8 Å². The van der Waals surface area contributed by atoms with Crippen LogP contribution >= 0.6 is 0 Å². The number of fused-ring (bicyclic) bond motifs is 5. The lowest BCUT2D eigenvalue weighted by Crippen LogP contribution is -2.47. The molecule has 4 heterocycles. The highest BCUT2D eigenvalue weighted by Gasteiger charge is 2.56.